The van der Waals surface area contributed by atoms with E-state index in [0.29, 0.717) is 11.2 Å². The summed E-state index contributed by atoms with van der Waals surface area (Å²) < 4.78 is 6.75. The Morgan fingerprint density at radius 1 is 1.37 bits per heavy atom. The van der Waals surface area contributed by atoms with Crippen molar-refractivity contribution in [2.75, 3.05) is 6.61 Å². The molecule has 9 nitrogen and oxygen atoms in total. The summed E-state index contributed by atoms with van der Waals surface area (Å²) in [6, 6.07) is 0. The van der Waals surface area contributed by atoms with Crippen LogP contribution in [0.5, 0.6) is 0 Å². The number of nitrogens with zero attached hydrogens (tertiary/aromatic N) is 3. The Bertz CT molecular complexity index is 653. The topological polar surface area (TPSA) is 133 Å². The molecule has 3 heterocycles. The van der Waals surface area contributed by atoms with Crippen LogP contribution in [-0.4, -0.2) is 59.8 Å². The molecule has 0 spiro atoms. The molecule has 4 atom stereocenters. The first-order valence-electron chi connectivity index (χ1n) is 5.66. The van der Waals surface area contributed by atoms with E-state index in [1.54, 1.807) is 0 Å². The number of hydrogen-bond acceptors (Lipinski definition) is 7. The normalized spacial score (nSPS) is 31.1. The van der Waals surface area contributed by atoms with E-state index in [1.165, 1.54) is 17.1 Å². The first-order chi connectivity index (χ1) is 9.11. The summed E-state index contributed by atoms with van der Waals surface area (Å²) in [7, 11) is 0. The summed E-state index contributed by atoms with van der Waals surface area (Å²) in [5.74, 6) is 0. The number of aromatic nitrogens is 4. The van der Waals surface area contributed by atoms with Crippen molar-refractivity contribution in [2.24, 2.45) is 0 Å². The molecule has 2 aromatic rings. The van der Waals surface area contributed by atoms with Crippen LogP contribution < -0.4 is 5.69 Å². The van der Waals surface area contributed by atoms with Gasteiger partial charge in [-0.3, -0.25) is 9.55 Å². The second kappa shape index (κ2) is 4.38. The van der Waals surface area contributed by atoms with Crippen LogP contribution in [0, 0.1) is 0 Å². The quantitative estimate of drug-likeness (QED) is 0.482. The van der Waals surface area contributed by atoms with E-state index in [0.717, 1.165) is 0 Å². The van der Waals surface area contributed by atoms with Gasteiger partial charge in [0.15, 0.2) is 6.23 Å². The summed E-state index contributed by atoms with van der Waals surface area (Å²) in [4.78, 5) is 21.2. The second-order valence-corrected chi connectivity index (χ2v) is 4.30. The molecule has 0 amide bonds. The van der Waals surface area contributed by atoms with E-state index in [2.05, 4.69) is 15.0 Å². The molecule has 19 heavy (non-hydrogen) atoms. The number of aromatic amines is 1. The van der Waals surface area contributed by atoms with Crippen molar-refractivity contribution < 1.29 is 20.1 Å². The van der Waals surface area contributed by atoms with Crippen LogP contribution in [0.15, 0.2) is 17.3 Å². The zero-order valence-electron chi connectivity index (χ0n) is 9.67. The van der Waals surface area contributed by atoms with Gasteiger partial charge in [0, 0.05) is 0 Å². The summed E-state index contributed by atoms with van der Waals surface area (Å²) in [6.45, 7) is -0.417. The minimum Gasteiger partial charge on any atom is -0.394 e. The van der Waals surface area contributed by atoms with Gasteiger partial charge < -0.3 is 20.1 Å². The number of rotatable bonds is 2. The first kappa shape index (κ1) is 12.2. The van der Waals surface area contributed by atoms with Gasteiger partial charge in [0.05, 0.1) is 19.1 Å². The number of fused-ring (bicyclic) bond motifs is 1. The maximum Gasteiger partial charge on any atom is 0.346 e. The highest BCUT2D eigenvalue weighted by molar-refractivity contribution is 5.68. The van der Waals surface area contributed by atoms with Gasteiger partial charge in [0.2, 0.25) is 0 Å². The van der Waals surface area contributed by atoms with E-state index in [9.17, 15) is 15.0 Å². The predicted molar refractivity (Wildman–Crippen MR) is 61.2 cm³/mol. The van der Waals surface area contributed by atoms with Crippen molar-refractivity contribution in [2.45, 2.75) is 24.5 Å². The predicted octanol–water partition coefficient (Wildman–Crippen LogP) is -2.27. The minimum absolute atomic E-state index is 0.329. The number of aliphatic hydroxyl groups excluding tert-OH is 3. The highest BCUT2D eigenvalue weighted by atomic mass is 16.6. The third-order valence-electron chi connectivity index (χ3n) is 3.14. The summed E-state index contributed by atoms with van der Waals surface area (Å²) in [5, 5.41) is 28.7. The number of imidazole rings is 1. The number of aliphatic hydroxyl groups is 3. The molecule has 102 valence electrons. The second-order valence-electron chi connectivity index (χ2n) is 4.30. The van der Waals surface area contributed by atoms with Gasteiger partial charge in [0.1, 0.15) is 29.5 Å². The Balaban J connectivity index is 2.05. The van der Waals surface area contributed by atoms with Crippen LogP contribution in [0.2, 0.25) is 0 Å². The van der Waals surface area contributed by atoms with Gasteiger partial charge in [-0.25, -0.2) is 9.78 Å². The third-order valence-corrected chi connectivity index (χ3v) is 3.14. The molecule has 0 bridgehead atoms. The molecule has 0 saturated carbocycles. The summed E-state index contributed by atoms with van der Waals surface area (Å²) in [5.41, 5.74) is 0.202. The van der Waals surface area contributed by atoms with Gasteiger partial charge in [-0.2, -0.15) is 4.98 Å². The van der Waals surface area contributed by atoms with Crippen molar-refractivity contribution in [3.63, 3.8) is 0 Å². The Morgan fingerprint density at radius 3 is 2.84 bits per heavy atom. The van der Waals surface area contributed by atoms with Crippen molar-refractivity contribution in [1.29, 1.82) is 0 Å². The van der Waals surface area contributed by atoms with E-state index >= 15 is 0 Å². The molecule has 1 fully saturated rings. The molecule has 4 N–H and O–H groups in total. The van der Waals surface area contributed by atoms with Crippen molar-refractivity contribution in [3.8, 4) is 0 Å². The number of ether oxygens (including phenoxy) is 1. The monoisotopic (exact) mass is 268 g/mol. The smallest absolute Gasteiger partial charge is 0.346 e. The number of hydrogen-bond donors (Lipinski definition) is 4. The van der Waals surface area contributed by atoms with E-state index in [1.807, 2.05) is 0 Å². The fourth-order valence-electron chi connectivity index (χ4n) is 2.15. The van der Waals surface area contributed by atoms with Crippen molar-refractivity contribution in [1.82, 2.24) is 19.5 Å². The molecule has 1 aliphatic rings. The first-order valence-corrected chi connectivity index (χ1v) is 5.66. The third kappa shape index (κ3) is 1.83. The number of nitrogens with one attached hydrogen (secondary N) is 1. The fraction of sp³-hybridized carbons (Fsp3) is 0.500. The zero-order chi connectivity index (χ0) is 13.6. The summed E-state index contributed by atoms with van der Waals surface area (Å²) in [6.07, 6.45) is -1.59. The van der Waals surface area contributed by atoms with E-state index < -0.39 is 36.8 Å². The lowest BCUT2D eigenvalue weighted by atomic mass is 10.1. The highest BCUT2D eigenvalue weighted by Crippen LogP contribution is 2.30. The van der Waals surface area contributed by atoms with Crippen LogP contribution in [0.3, 0.4) is 0 Å². The van der Waals surface area contributed by atoms with Crippen LogP contribution >= 0.6 is 0 Å². The minimum atomic E-state index is -1.23. The molecule has 9 heteroatoms. The van der Waals surface area contributed by atoms with E-state index in [4.69, 9.17) is 9.84 Å². The molecule has 0 aromatic carbocycles. The molecule has 1 aliphatic heterocycles. The van der Waals surface area contributed by atoms with Crippen molar-refractivity contribution >= 4 is 11.2 Å². The van der Waals surface area contributed by atoms with Crippen molar-refractivity contribution in [3.05, 3.63) is 23.0 Å². The molecule has 3 rings (SSSR count). The maximum atomic E-state index is 11.2. The fourth-order valence-corrected chi connectivity index (χ4v) is 2.15. The molecule has 0 unspecified atom stereocenters. The maximum absolute atomic E-state index is 11.2. The number of H-pyrrole nitrogens is 1. The lowest BCUT2D eigenvalue weighted by Crippen LogP contribution is -2.33. The molecule has 0 radical (unpaired) electrons. The lowest BCUT2D eigenvalue weighted by molar-refractivity contribution is -0.0511. The van der Waals surface area contributed by atoms with E-state index in [-0.39, 0.29) is 0 Å². The standard InChI is InChI=1S/C10H12N4O5/c15-2-5-6(16)7(17)9(19-5)14-3-12-4-1-11-10(18)13-8(4)14/h1,3,5-7,9,15-17H,2H2,(H,11,13,18)/t5-,6-,7-,9+/m0/s1. The molecule has 1 saturated heterocycles. The average molecular weight is 268 g/mol. The SMILES string of the molecule is O=c1ncc2ncn([C@@H]3O[C@@H](CO)[C@H](O)[C@@H]3O)c2[nH]1. The largest absolute Gasteiger partial charge is 0.394 e. The molecule has 0 aliphatic carbocycles. The van der Waals surface area contributed by atoms with Gasteiger partial charge >= 0.3 is 5.69 Å². The molecular formula is C10H12N4O5. The average Bonchev–Trinajstić information content (AvgIpc) is 2.92. The molecule has 2 aromatic heterocycles. The molecular weight excluding hydrogens is 256 g/mol. The van der Waals surface area contributed by atoms with Gasteiger partial charge in [-0.1, -0.05) is 0 Å². The van der Waals surface area contributed by atoms with Gasteiger partial charge in [-0.05, 0) is 0 Å². The Morgan fingerprint density at radius 2 is 2.16 bits per heavy atom. The van der Waals surface area contributed by atoms with Crippen LogP contribution in [-0.2, 0) is 4.74 Å². The van der Waals surface area contributed by atoms with Crippen LogP contribution in [0.1, 0.15) is 6.23 Å². The summed E-state index contributed by atoms with van der Waals surface area (Å²) >= 11 is 0. The Labute approximate surface area is 106 Å². The van der Waals surface area contributed by atoms with Crippen LogP contribution in [0.4, 0.5) is 0 Å². The lowest BCUT2D eigenvalue weighted by Gasteiger charge is -2.16. The Kier molecular flexibility index (Phi) is 2.82. The van der Waals surface area contributed by atoms with Gasteiger partial charge in [0.25, 0.3) is 0 Å². The zero-order valence-corrected chi connectivity index (χ0v) is 9.67. The highest BCUT2D eigenvalue weighted by Gasteiger charge is 2.43. The Hall–Kier alpha value is -1.81. The van der Waals surface area contributed by atoms with Gasteiger partial charge in [-0.15, -0.1) is 0 Å². The van der Waals surface area contributed by atoms with Crippen LogP contribution in [0.25, 0.3) is 11.2 Å².